The first-order valence-corrected chi connectivity index (χ1v) is 8.60. The summed E-state index contributed by atoms with van der Waals surface area (Å²) in [4.78, 5) is 17.6. The minimum atomic E-state index is -0.380. The van der Waals surface area contributed by atoms with Crippen LogP contribution in [0, 0.1) is 0 Å². The van der Waals surface area contributed by atoms with Crippen LogP contribution in [0.5, 0.6) is 0 Å². The third kappa shape index (κ3) is 3.31. The highest BCUT2D eigenvalue weighted by molar-refractivity contribution is 5.80. The number of tetrazole rings is 1. The number of carbonyl (C=O) groups is 1. The van der Waals surface area contributed by atoms with Crippen molar-refractivity contribution in [2.45, 2.75) is 31.3 Å². The summed E-state index contributed by atoms with van der Waals surface area (Å²) in [7, 11) is 0. The summed E-state index contributed by atoms with van der Waals surface area (Å²) in [6.45, 7) is 3.54. The van der Waals surface area contributed by atoms with Crippen LogP contribution in [0.4, 0.5) is 0 Å². The molecule has 0 radical (unpaired) electrons. The van der Waals surface area contributed by atoms with Gasteiger partial charge in [-0.2, -0.15) is 0 Å². The Morgan fingerprint density at radius 2 is 1.88 bits per heavy atom. The lowest BCUT2D eigenvalue weighted by atomic mass is 10.0. The van der Waals surface area contributed by atoms with Crippen LogP contribution in [-0.2, 0) is 11.2 Å². The zero-order valence-electron chi connectivity index (χ0n) is 13.7. The van der Waals surface area contributed by atoms with Gasteiger partial charge in [0, 0.05) is 38.6 Å². The molecule has 2 aliphatic rings. The van der Waals surface area contributed by atoms with Gasteiger partial charge in [-0.15, -0.1) is 5.10 Å². The Morgan fingerprint density at radius 3 is 2.50 bits per heavy atom. The minimum Gasteiger partial charge on any atom is -0.338 e. The van der Waals surface area contributed by atoms with Crippen molar-refractivity contribution in [2.24, 2.45) is 0 Å². The molecule has 0 spiro atoms. The molecule has 0 N–H and O–H groups in total. The molecule has 1 saturated carbocycles. The zero-order chi connectivity index (χ0) is 16.4. The van der Waals surface area contributed by atoms with E-state index in [1.807, 2.05) is 35.2 Å². The smallest absolute Gasteiger partial charge is 0.248 e. The van der Waals surface area contributed by atoms with Gasteiger partial charge in [-0.25, -0.2) is 4.68 Å². The molecule has 1 aliphatic carbocycles. The quantitative estimate of drug-likeness (QED) is 0.812. The lowest BCUT2D eigenvalue weighted by molar-refractivity contribution is -0.137. The summed E-state index contributed by atoms with van der Waals surface area (Å²) >= 11 is 0. The van der Waals surface area contributed by atoms with E-state index in [1.165, 1.54) is 19.2 Å². The summed E-state index contributed by atoms with van der Waals surface area (Å²) in [6.07, 6.45) is 4.77. The highest BCUT2D eigenvalue weighted by Gasteiger charge is 2.34. The molecule has 7 heteroatoms. The maximum Gasteiger partial charge on any atom is 0.248 e. The maximum absolute atomic E-state index is 13.1. The predicted molar refractivity (Wildman–Crippen MR) is 88.2 cm³/mol. The number of rotatable bonds is 5. The van der Waals surface area contributed by atoms with Gasteiger partial charge in [0.15, 0.2) is 0 Å². The van der Waals surface area contributed by atoms with Crippen molar-refractivity contribution >= 4 is 5.91 Å². The molecule has 0 bridgehead atoms. The summed E-state index contributed by atoms with van der Waals surface area (Å²) in [5.74, 6) is 0.113. The Morgan fingerprint density at radius 1 is 1.12 bits per heavy atom. The molecule has 7 nitrogen and oxygen atoms in total. The van der Waals surface area contributed by atoms with Gasteiger partial charge in [0.25, 0.3) is 0 Å². The second-order valence-corrected chi connectivity index (χ2v) is 6.59. The zero-order valence-corrected chi connectivity index (χ0v) is 13.7. The molecule has 24 heavy (non-hydrogen) atoms. The standard InChI is InChI=1S/C17H22N6O/c24-17(22-10-8-21(9-11-22)15-6-7-15)16(23-13-18-19-20-23)12-14-4-2-1-3-5-14/h1-5,13,15-16H,6-12H2/t16-/m0/s1. The topological polar surface area (TPSA) is 67.2 Å². The molecular weight excluding hydrogens is 304 g/mol. The van der Waals surface area contributed by atoms with E-state index < -0.39 is 0 Å². The van der Waals surface area contributed by atoms with E-state index in [1.54, 1.807) is 4.68 Å². The van der Waals surface area contributed by atoms with Crippen LogP contribution in [0.3, 0.4) is 0 Å². The summed E-state index contributed by atoms with van der Waals surface area (Å²) in [5, 5.41) is 11.4. The number of benzene rings is 1. The lowest BCUT2D eigenvalue weighted by Gasteiger charge is -2.36. The van der Waals surface area contributed by atoms with E-state index in [2.05, 4.69) is 20.4 Å². The molecular formula is C17H22N6O. The summed E-state index contributed by atoms with van der Waals surface area (Å²) in [6, 6.07) is 10.4. The minimum absolute atomic E-state index is 0.113. The number of carbonyl (C=O) groups excluding carboxylic acids is 1. The van der Waals surface area contributed by atoms with Crippen molar-refractivity contribution in [3.63, 3.8) is 0 Å². The second-order valence-electron chi connectivity index (χ2n) is 6.59. The highest BCUT2D eigenvalue weighted by Crippen LogP contribution is 2.28. The molecule has 4 rings (SSSR count). The molecule has 1 aromatic heterocycles. The first-order valence-electron chi connectivity index (χ1n) is 8.60. The van der Waals surface area contributed by atoms with Crippen LogP contribution >= 0.6 is 0 Å². The van der Waals surface area contributed by atoms with Crippen molar-refractivity contribution in [3.05, 3.63) is 42.2 Å². The van der Waals surface area contributed by atoms with Gasteiger partial charge in [-0.3, -0.25) is 9.69 Å². The van der Waals surface area contributed by atoms with Gasteiger partial charge in [-0.1, -0.05) is 30.3 Å². The Labute approximate surface area is 141 Å². The van der Waals surface area contributed by atoms with Crippen LogP contribution < -0.4 is 0 Å². The van der Waals surface area contributed by atoms with Crippen molar-refractivity contribution in [1.29, 1.82) is 0 Å². The van der Waals surface area contributed by atoms with Gasteiger partial charge in [0.05, 0.1) is 0 Å². The number of piperazine rings is 1. The summed E-state index contributed by atoms with van der Waals surface area (Å²) in [5.41, 5.74) is 1.11. The molecule has 1 atom stereocenters. The molecule has 1 aromatic carbocycles. The first-order chi connectivity index (χ1) is 11.8. The van der Waals surface area contributed by atoms with Crippen LogP contribution in [0.15, 0.2) is 36.7 Å². The fraction of sp³-hybridized carbons (Fsp3) is 0.529. The normalized spacial score (nSPS) is 20.1. The monoisotopic (exact) mass is 326 g/mol. The van der Waals surface area contributed by atoms with E-state index in [-0.39, 0.29) is 11.9 Å². The molecule has 1 saturated heterocycles. The van der Waals surface area contributed by atoms with Gasteiger partial charge in [0.2, 0.25) is 5.91 Å². The fourth-order valence-corrected chi connectivity index (χ4v) is 3.40. The Bertz CT molecular complexity index is 662. The van der Waals surface area contributed by atoms with Crippen molar-refractivity contribution < 1.29 is 4.79 Å². The Kier molecular flexibility index (Phi) is 4.25. The van der Waals surface area contributed by atoms with Crippen molar-refractivity contribution in [3.8, 4) is 0 Å². The van der Waals surface area contributed by atoms with E-state index in [0.29, 0.717) is 6.42 Å². The third-order valence-corrected chi connectivity index (χ3v) is 4.93. The van der Waals surface area contributed by atoms with Crippen LogP contribution in [0.25, 0.3) is 0 Å². The fourth-order valence-electron chi connectivity index (χ4n) is 3.40. The Balaban J connectivity index is 1.47. The average Bonchev–Trinajstić information content (AvgIpc) is 3.35. The number of nitrogens with zero attached hydrogens (tertiary/aromatic N) is 6. The van der Waals surface area contributed by atoms with Gasteiger partial charge >= 0.3 is 0 Å². The van der Waals surface area contributed by atoms with Crippen LogP contribution in [0.2, 0.25) is 0 Å². The molecule has 2 aromatic rings. The van der Waals surface area contributed by atoms with Gasteiger partial charge in [-0.05, 0) is 28.8 Å². The molecule has 2 heterocycles. The van der Waals surface area contributed by atoms with Crippen molar-refractivity contribution in [1.82, 2.24) is 30.0 Å². The molecule has 0 unspecified atom stereocenters. The SMILES string of the molecule is O=C([C@H](Cc1ccccc1)n1cnnn1)N1CCN(C2CC2)CC1. The highest BCUT2D eigenvalue weighted by atomic mass is 16.2. The van der Waals surface area contributed by atoms with Crippen LogP contribution in [0.1, 0.15) is 24.4 Å². The van der Waals surface area contributed by atoms with E-state index in [9.17, 15) is 4.79 Å². The lowest BCUT2D eigenvalue weighted by Crippen LogP contribution is -2.51. The number of amides is 1. The van der Waals surface area contributed by atoms with Crippen molar-refractivity contribution in [2.75, 3.05) is 26.2 Å². The van der Waals surface area contributed by atoms with Gasteiger partial charge in [0.1, 0.15) is 12.4 Å². The third-order valence-electron chi connectivity index (χ3n) is 4.93. The largest absolute Gasteiger partial charge is 0.338 e. The number of hydrogen-bond donors (Lipinski definition) is 0. The van der Waals surface area contributed by atoms with E-state index >= 15 is 0 Å². The first kappa shape index (κ1) is 15.3. The predicted octanol–water partition coefficient (Wildman–Crippen LogP) is 0.763. The second kappa shape index (κ2) is 6.68. The number of aromatic nitrogens is 4. The molecule has 1 amide bonds. The maximum atomic E-state index is 13.1. The Hall–Kier alpha value is -2.28. The average molecular weight is 326 g/mol. The molecule has 126 valence electrons. The summed E-state index contributed by atoms with van der Waals surface area (Å²) < 4.78 is 1.59. The van der Waals surface area contributed by atoms with E-state index in [4.69, 9.17) is 0 Å². The molecule has 2 fully saturated rings. The number of hydrogen-bond acceptors (Lipinski definition) is 5. The van der Waals surface area contributed by atoms with E-state index in [0.717, 1.165) is 37.8 Å². The van der Waals surface area contributed by atoms with Crippen LogP contribution in [-0.4, -0.2) is 68.1 Å². The van der Waals surface area contributed by atoms with Gasteiger partial charge < -0.3 is 4.90 Å². The molecule has 1 aliphatic heterocycles.